The van der Waals surface area contributed by atoms with E-state index < -0.39 is 0 Å². The van der Waals surface area contributed by atoms with E-state index in [1.165, 1.54) is 0 Å². The molecule has 2 saturated heterocycles. The zero-order valence-electron chi connectivity index (χ0n) is 16.3. The SMILES string of the molecule is CN1CCN(C(=O)c2cncc(Nc3ccccc3N3CCOCC3)c2)CC1. The molecule has 4 rings (SSSR count). The van der Waals surface area contributed by atoms with E-state index in [9.17, 15) is 4.79 Å². The van der Waals surface area contributed by atoms with Gasteiger partial charge in [0.05, 0.1) is 42.0 Å². The number of rotatable bonds is 4. The lowest BCUT2D eigenvalue weighted by Gasteiger charge is -2.32. The monoisotopic (exact) mass is 381 g/mol. The molecule has 0 unspecified atom stereocenters. The predicted molar refractivity (Wildman–Crippen MR) is 110 cm³/mol. The van der Waals surface area contributed by atoms with Crippen molar-refractivity contribution in [3.05, 3.63) is 48.3 Å². The molecule has 3 heterocycles. The Balaban J connectivity index is 1.50. The molecule has 2 aromatic rings. The van der Waals surface area contributed by atoms with Crippen LogP contribution in [0.25, 0.3) is 0 Å². The third-order valence-electron chi connectivity index (χ3n) is 5.31. The number of likely N-dealkylation sites (N-methyl/N-ethyl adjacent to an activating group) is 1. The number of piperazine rings is 1. The number of pyridine rings is 1. The Kier molecular flexibility index (Phi) is 5.73. The van der Waals surface area contributed by atoms with E-state index in [0.29, 0.717) is 5.56 Å². The zero-order chi connectivity index (χ0) is 19.3. The van der Waals surface area contributed by atoms with Crippen LogP contribution in [0.5, 0.6) is 0 Å². The first-order valence-electron chi connectivity index (χ1n) is 9.82. The van der Waals surface area contributed by atoms with E-state index in [-0.39, 0.29) is 5.91 Å². The van der Waals surface area contributed by atoms with Crippen LogP contribution in [0.1, 0.15) is 10.4 Å². The summed E-state index contributed by atoms with van der Waals surface area (Å²) >= 11 is 0. The van der Waals surface area contributed by atoms with Crippen molar-refractivity contribution in [2.75, 3.05) is 69.7 Å². The number of anilines is 3. The molecule has 7 heteroatoms. The van der Waals surface area contributed by atoms with Crippen molar-refractivity contribution in [1.82, 2.24) is 14.8 Å². The summed E-state index contributed by atoms with van der Waals surface area (Å²) in [7, 11) is 2.08. The average molecular weight is 381 g/mol. The van der Waals surface area contributed by atoms with Crippen molar-refractivity contribution in [1.29, 1.82) is 0 Å². The number of nitrogens with zero attached hydrogens (tertiary/aromatic N) is 4. The van der Waals surface area contributed by atoms with Gasteiger partial charge in [-0.1, -0.05) is 12.1 Å². The normalized spacial score (nSPS) is 18.2. The van der Waals surface area contributed by atoms with Gasteiger partial charge in [0.2, 0.25) is 0 Å². The van der Waals surface area contributed by atoms with Crippen LogP contribution in [0.3, 0.4) is 0 Å². The molecule has 1 aromatic heterocycles. The number of carbonyl (C=O) groups is 1. The number of morpholine rings is 1. The quantitative estimate of drug-likeness (QED) is 0.875. The Labute approximate surface area is 165 Å². The maximum Gasteiger partial charge on any atom is 0.255 e. The molecule has 1 aromatic carbocycles. The first-order valence-corrected chi connectivity index (χ1v) is 9.82. The Bertz CT molecular complexity index is 814. The maximum atomic E-state index is 12.8. The van der Waals surface area contributed by atoms with Gasteiger partial charge in [-0.3, -0.25) is 9.78 Å². The fraction of sp³-hybridized carbons (Fsp3) is 0.429. The van der Waals surface area contributed by atoms with E-state index >= 15 is 0 Å². The van der Waals surface area contributed by atoms with Crippen molar-refractivity contribution in [3.8, 4) is 0 Å². The van der Waals surface area contributed by atoms with Crippen molar-refractivity contribution >= 4 is 23.0 Å². The number of amides is 1. The number of ether oxygens (including phenoxy) is 1. The number of hydrogen-bond donors (Lipinski definition) is 1. The molecular formula is C21H27N5O2. The van der Waals surface area contributed by atoms with Gasteiger partial charge in [0.1, 0.15) is 0 Å². The van der Waals surface area contributed by atoms with E-state index in [1.54, 1.807) is 12.4 Å². The predicted octanol–water partition coefficient (Wildman–Crippen LogP) is 2.05. The van der Waals surface area contributed by atoms with Crippen LogP contribution in [0.4, 0.5) is 17.1 Å². The Hall–Kier alpha value is -2.64. The second-order valence-electron chi connectivity index (χ2n) is 7.30. The van der Waals surface area contributed by atoms with Crippen LogP contribution in [0.15, 0.2) is 42.7 Å². The maximum absolute atomic E-state index is 12.8. The Morgan fingerprint density at radius 2 is 1.79 bits per heavy atom. The third kappa shape index (κ3) is 4.26. The zero-order valence-corrected chi connectivity index (χ0v) is 16.3. The number of carbonyl (C=O) groups excluding carboxylic acids is 1. The molecule has 1 N–H and O–H groups in total. The van der Waals surface area contributed by atoms with Crippen molar-refractivity contribution < 1.29 is 9.53 Å². The van der Waals surface area contributed by atoms with Crippen LogP contribution < -0.4 is 10.2 Å². The number of aromatic nitrogens is 1. The largest absolute Gasteiger partial charge is 0.378 e. The van der Waals surface area contributed by atoms with Crippen molar-refractivity contribution in [3.63, 3.8) is 0 Å². The number of para-hydroxylation sites is 2. The fourth-order valence-corrected chi connectivity index (χ4v) is 3.63. The van der Waals surface area contributed by atoms with Gasteiger partial charge in [0.15, 0.2) is 0 Å². The summed E-state index contributed by atoms with van der Waals surface area (Å²) in [6.07, 6.45) is 3.41. The number of nitrogens with one attached hydrogen (secondary N) is 1. The molecule has 0 radical (unpaired) electrons. The fourth-order valence-electron chi connectivity index (χ4n) is 3.63. The molecule has 2 aliphatic heterocycles. The lowest BCUT2D eigenvalue weighted by atomic mass is 10.2. The van der Waals surface area contributed by atoms with Gasteiger partial charge in [0.25, 0.3) is 5.91 Å². The van der Waals surface area contributed by atoms with E-state index in [4.69, 9.17) is 4.74 Å². The van der Waals surface area contributed by atoms with Gasteiger partial charge in [-0.25, -0.2) is 0 Å². The number of hydrogen-bond acceptors (Lipinski definition) is 6. The second-order valence-corrected chi connectivity index (χ2v) is 7.30. The van der Waals surface area contributed by atoms with Gasteiger partial charge in [-0.15, -0.1) is 0 Å². The molecule has 0 atom stereocenters. The molecule has 7 nitrogen and oxygen atoms in total. The molecule has 0 spiro atoms. The van der Waals surface area contributed by atoms with E-state index in [0.717, 1.165) is 69.5 Å². The molecule has 0 bridgehead atoms. The van der Waals surface area contributed by atoms with Crippen LogP contribution in [0, 0.1) is 0 Å². The van der Waals surface area contributed by atoms with Gasteiger partial charge in [-0.2, -0.15) is 0 Å². The topological polar surface area (TPSA) is 60.9 Å². The third-order valence-corrected chi connectivity index (χ3v) is 5.31. The molecule has 148 valence electrons. The average Bonchev–Trinajstić information content (AvgIpc) is 2.75. The molecular weight excluding hydrogens is 354 g/mol. The van der Waals surface area contributed by atoms with Crippen LogP contribution in [-0.4, -0.2) is 80.2 Å². The van der Waals surface area contributed by atoms with E-state index in [1.807, 2.05) is 23.1 Å². The highest BCUT2D eigenvalue weighted by Gasteiger charge is 2.21. The van der Waals surface area contributed by atoms with Crippen LogP contribution in [-0.2, 0) is 4.74 Å². The van der Waals surface area contributed by atoms with Gasteiger partial charge >= 0.3 is 0 Å². The summed E-state index contributed by atoms with van der Waals surface area (Å²) < 4.78 is 5.47. The lowest BCUT2D eigenvalue weighted by Crippen LogP contribution is -2.47. The van der Waals surface area contributed by atoms with E-state index in [2.05, 4.69) is 39.3 Å². The summed E-state index contributed by atoms with van der Waals surface area (Å²) in [6, 6.07) is 10.1. The minimum Gasteiger partial charge on any atom is -0.378 e. The highest BCUT2D eigenvalue weighted by atomic mass is 16.5. The van der Waals surface area contributed by atoms with Crippen molar-refractivity contribution in [2.45, 2.75) is 0 Å². The summed E-state index contributed by atoms with van der Waals surface area (Å²) in [5.41, 5.74) is 3.59. The highest BCUT2D eigenvalue weighted by Crippen LogP contribution is 2.29. The van der Waals surface area contributed by atoms with Crippen molar-refractivity contribution in [2.24, 2.45) is 0 Å². The standard InChI is InChI=1S/C21H27N5O2/c1-24-6-8-26(9-7-24)21(27)17-14-18(16-22-15-17)23-19-4-2-3-5-20(19)25-10-12-28-13-11-25/h2-5,14-16,23H,6-13H2,1H3. The summed E-state index contributed by atoms with van der Waals surface area (Å²) in [5.74, 6) is 0.0470. The second kappa shape index (κ2) is 8.58. The lowest BCUT2D eigenvalue weighted by molar-refractivity contribution is 0.0663. The van der Waals surface area contributed by atoms with Gasteiger partial charge in [-0.05, 0) is 25.2 Å². The minimum atomic E-state index is 0.0470. The molecule has 2 fully saturated rings. The Morgan fingerprint density at radius 1 is 1.04 bits per heavy atom. The first-order chi connectivity index (χ1) is 13.7. The molecule has 28 heavy (non-hydrogen) atoms. The van der Waals surface area contributed by atoms with Gasteiger partial charge in [0, 0.05) is 45.5 Å². The molecule has 0 saturated carbocycles. The first kappa shape index (κ1) is 18.7. The molecule has 0 aliphatic carbocycles. The smallest absolute Gasteiger partial charge is 0.255 e. The Morgan fingerprint density at radius 3 is 2.57 bits per heavy atom. The highest BCUT2D eigenvalue weighted by molar-refractivity contribution is 5.95. The van der Waals surface area contributed by atoms with Gasteiger partial charge < -0.3 is 24.8 Å². The summed E-state index contributed by atoms with van der Waals surface area (Å²) in [5, 5.41) is 3.45. The summed E-state index contributed by atoms with van der Waals surface area (Å²) in [4.78, 5) is 23.6. The minimum absolute atomic E-state index is 0.0470. The van der Waals surface area contributed by atoms with Crippen LogP contribution in [0.2, 0.25) is 0 Å². The number of benzene rings is 1. The molecule has 1 amide bonds. The summed E-state index contributed by atoms with van der Waals surface area (Å²) in [6.45, 7) is 6.56. The van der Waals surface area contributed by atoms with Crippen LogP contribution >= 0.6 is 0 Å². The molecule has 2 aliphatic rings.